The first kappa shape index (κ1) is 18.7. The Kier molecular flexibility index (Phi) is 7.39. The second kappa shape index (κ2) is 8.31. The van der Waals surface area contributed by atoms with E-state index in [4.69, 9.17) is 0 Å². The maximum absolute atomic E-state index is 12.2. The first-order valence-electron chi connectivity index (χ1n) is 7.49. The van der Waals surface area contributed by atoms with Crippen molar-refractivity contribution in [3.05, 3.63) is 0 Å². The maximum atomic E-state index is 12.2. The standard InChI is InChI=1S/C13H25N3O3S.ClH/c1-2-14-10-12-4-7-15(8-5-12)13(17)11-16-6-3-9-20(16,18)19;/h12,14H,2-11H2,1H3;1H. The van der Waals surface area contributed by atoms with E-state index in [1.807, 2.05) is 4.90 Å². The number of hydrogen-bond donors (Lipinski definition) is 1. The highest BCUT2D eigenvalue weighted by molar-refractivity contribution is 7.89. The molecule has 0 saturated carbocycles. The van der Waals surface area contributed by atoms with E-state index in [2.05, 4.69) is 12.2 Å². The van der Waals surface area contributed by atoms with E-state index in [1.54, 1.807) is 0 Å². The molecule has 1 amide bonds. The molecule has 2 saturated heterocycles. The number of rotatable bonds is 5. The third kappa shape index (κ3) is 5.09. The fourth-order valence-corrected chi connectivity index (χ4v) is 4.32. The van der Waals surface area contributed by atoms with Crippen LogP contribution >= 0.6 is 12.4 Å². The number of nitrogens with zero attached hydrogens (tertiary/aromatic N) is 2. The fourth-order valence-electron chi connectivity index (χ4n) is 2.85. The van der Waals surface area contributed by atoms with E-state index in [9.17, 15) is 13.2 Å². The molecule has 21 heavy (non-hydrogen) atoms. The van der Waals surface area contributed by atoms with Crippen LogP contribution in [-0.4, -0.2) is 68.6 Å². The number of sulfonamides is 1. The first-order chi connectivity index (χ1) is 9.53. The van der Waals surface area contributed by atoms with Crippen LogP contribution in [0.2, 0.25) is 0 Å². The summed E-state index contributed by atoms with van der Waals surface area (Å²) in [6.07, 6.45) is 2.65. The van der Waals surface area contributed by atoms with Gasteiger partial charge in [0.25, 0.3) is 0 Å². The van der Waals surface area contributed by atoms with Gasteiger partial charge in [0.1, 0.15) is 0 Å². The number of hydrogen-bond acceptors (Lipinski definition) is 4. The molecule has 124 valence electrons. The predicted octanol–water partition coefficient (Wildman–Crippen LogP) is 0.292. The molecule has 2 fully saturated rings. The molecule has 6 nitrogen and oxygen atoms in total. The minimum absolute atomic E-state index is 0. The van der Waals surface area contributed by atoms with Gasteiger partial charge in [-0.15, -0.1) is 12.4 Å². The molecule has 2 aliphatic heterocycles. The van der Waals surface area contributed by atoms with Crippen LogP contribution in [-0.2, 0) is 14.8 Å². The Balaban J connectivity index is 0.00000220. The zero-order valence-electron chi connectivity index (χ0n) is 12.6. The third-order valence-electron chi connectivity index (χ3n) is 4.17. The van der Waals surface area contributed by atoms with E-state index in [0.29, 0.717) is 18.9 Å². The molecule has 2 rings (SSSR count). The molecule has 2 aliphatic rings. The van der Waals surface area contributed by atoms with Crippen LogP contribution in [0.5, 0.6) is 0 Å². The fraction of sp³-hybridized carbons (Fsp3) is 0.923. The molecule has 0 spiro atoms. The second-order valence-corrected chi connectivity index (χ2v) is 7.72. The molecule has 8 heteroatoms. The normalized spacial score (nSPS) is 23.0. The van der Waals surface area contributed by atoms with Gasteiger partial charge in [0, 0.05) is 19.6 Å². The lowest BCUT2D eigenvalue weighted by Crippen LogP contribution is -2.45. The lowest BCUT2D eigenvalue weighted by molar-refractivity contribution is -0.132. The number of carbonyl (C=O) groups is 1. The molecule has 2 heterocycles. The Morgan fingerprint density at radius 1 is 1.24 bits per heavy atom. The number of piperidine rings is 1. The van der Waals surface area contributed by atoms with Gasteiger partial charge in [-0.1, -0.05) is 6.92 Å². The lowest BCUT2D eigenvalue weighted by atomic mass is 9.97. The summed E-state index contributed by atoms with van der Waals surface area (Å²) in [4.78, 5) is 14.0. The van der Waals surface area contributed by atoms with E-state index in [1.165, 1.54) is 4.31 Å². The average molecular weight is 340 g/mol. The predicted molar refractivity (Wildman–Crippen MR) is 85.1 cm³/mol. The molecule has 0 unspecified atom stereocenters. The number of likely N-dealkylation sites (tertiary alicyclic amines) is 1. The topological polar surface area (TPSA) is 69.7 Å². The molecule has 0 bridgehead atoms. The van der Waals surface area contributed by atoms with E-state index >= 15 is 0 Å². The minimum Gasteiger partial charge on any atom is -0.342 e. The van der Waals surface area contributed by atoms with Crippen LogP contribution in [0, 0.1) is 5.92 Å². The minimum atomic E-state index is -3.17. The van der Waals surface area contributed by atoms with Crippen molar-refractivity contribution in [2.75, 3.05) is 45.0 Å². The largest absolute Gasteiger partial charge is 0.342 e. The number of nitrogens with one attached hydrogen (secondary N) is 1. The summed E-state index contributed by atoms with van der Waals surface area (Å²) < 4.78 is 24.7. The van der Waals surface area contributed by atoms with Crippen molar-refractivity contribution in [1.82, 2.24) is 14.5 Å². The van der Waals surface area contributed by atoms with Crippen LogP contribution in [0.15, 0.2) is 0 Å². The molecule has 0 radical (unpaired) electrons. The van der Waals surface area contributed by atoms with Crippen LogP contribution < -0.4 is 5.32 Å². The van der Waals surface area contributed by atoms with Crippen molar-refractivity contribution >= 4 is 28.3 Å². The summed E-state index contributed by atoms with van der Waals surface area (Å²) in [7, 11) is -3.17. The highest BCUT2D eigenvalue weighted by Gasteiger charge is 2.32. The first-order valence-corrected chi connectivity index (χ1v) is 9.10. The number of carbonyl (C=O) groups excluding carboxylic acids is 1. The highest BCUT2D eigenvalue weighted by atomic mass is 35.5. The van der Waals surface area contributed by atoms with Crippen molar-refractivity contribution in [2.24, 2.45) is 5.92 Å². The molecular weight excluding hydrogens is 314 g/mol. The van der Waals surface area contributed by atoms with Crippen molar-refractivity contribution in [2.45, 2.75) is 26.2 Å². The SMILES string of the molecule is CCNCC1CCN(C(=O)CN2CCCS2(=O)=O)CC1.Cl. The van der Waals surface area contributed by atoms with Crippen LogP contribution in [0.25, 0.3) is 0 Å². The third-order valence-corrected chi connectivity index (χ3v) is 6.07. The summed E-state index contributed by atoms with van der Waals surface area (Å²) in [6, 6.07) is 0. The van der Waals surface area contributed by atoms with Crippen LogP contribution in [0.3, 0.4) is 0 Å². The molecule has 1 N–H and O–H groups in total. The number of halogens is 1. The van der Waals surface area contributed by atoms with Gasteiger partial charge in [-0.25, -0.2) is 8.42 Å². The molecule has 0 aliphatic carbocycles. The Labute approximate surface area is 133 Å². The summed E-state index contributed by atoms with van der Waals surface area (Å²) >= 11 is 0. The summed E-state index contributed by atoms with van der Waals surface area (Å²) in [5.74, 6) is 0.775. The summed E-state index contributed by atoms with van der Waals surface area (Å²) in [6.45, 7) is 6.11. The van der Waals surface area contributed by atoms with Gasteiger partial charge in [-0.3, -0.25) is 4.79 Å². The van der Waals surface area contributed by atoms with E-state index in [0.717, 1.165) is 39.0 Å². The lowest BCUT2D eigenvalue weighted by Gasteiger charge is -2.33. The van der Waals surface area contributed by atoms with Crippen LogP contribution in [0.4, 0.5) is 0 Å². The average Bonchev–Trinajstić information content (AvgIpc) is 2.76. The van der Waals surface area contributed by atoms with Gasteiger partial charge in [0.15, 0.2) is 0 Å². The Bertz CT molecular complexity index is 436. The van der Waals surface area contributed by atoms with Gasteiger partial charge < -0.3 is 10.2 Å². The maximum Gasteiger partial charge on any atom is 0.237 e. The molecule has 0 atom stereocenters. The number of amides is 1. The molecule has 0 aromatic carbocycles. The van der Waals surface area contributed by atoms with Gasteiger partial charge >= 0.3 is 0 Å². The molecule has 0 aromatic heterocycles. The molecule has 0 aromatic rings. The van der Waals surface area contributed by atoms with Gasteiger partial charge in [-0.2, -0.15) is 4.31 Å². The Morgan fingerprint density at radius 3 is 2.43 bits per heavy atom. The summed E-state index contributed by atoms with van der Waals surface area (Å²) in [5.41, 5.74) is 0. The van der Waals surface area contributed by atoms with Crippen molar-refractivity contribution < 1.29 is 13.2 Å². The van der Waals surface area contributed by atoms with Gasteiger partial charge in [0.2, 0.25) is 15.9 Å². The zero-order chi connectivity index (χ0) is 14.6. The Hall–Kier alpha value is -0.370. The molecular formula is C13H26ClN3O3S. The quantitative estimate of drug-likeness (QED) is 0.781. The highest BCUT2D eigenvalue weighted by Crippen LogP contribution is 2.18. The van der Waals surface area contributed by atoms with E-state index < -0.39 is 10.0 Å². The monoisotopic (exact) mass is 339 g/mol. The van der Waals surface area contributed by atoms with E-state index in [-0.39, 0.29) is 30.6 Å². The van der Waals surface area contributed by atoms with Crippen molar-refractivity contribution in [1.29, 1.82) is 0 Å². The second-order valence-electron chi connectivity index (χ2n) is 5.63. The van der Waals surface area contributed by atoms with Crippen molar-refractivity contribution in [3.63, 3.8) is 0 Å². The summed E-state index contributed by atoms with van der Waals surface area (Å²) in [5, 5.41) is 3.34. The van der Waals surface area contributed by atoms with Crippen LogP contribution in [0.1, 0.15) is 26.2 Å². The van der Waals surface area contributed by atoms with Gasteiger partial charge in [0.05, 0.1) is 12.3 Å². The zero-order valence-corrected chi connectivity index (χ0v) is 14.2. The smallest absolute Gasteiger partial charge is 0.237 e. The van der Waals surface area contributed by atoms with Crippen molar-refractivity contribution in [3.8, 4) is 0 Å². The van der Waals surface area contributed by atoms with Gasteiger partial charge in [-0.05, 0) is 38.3 Å². The Morgan fingerprint density at radius 2 is 1.90 bits per heavy atom.